The number of carbonyl (C=O) groups excluding carboxylic acids is 2. The predicted molar refractivity (Wildman–Crippen MR) is 131 cm³/mol. The van der Waals surface area contributed by atoms with Gasteiger partial charge in [0.2, 0.25) is 5.91 Å². The number of ether oxygens (including phenoxy) is 1. The van der Waals surface area contributed by atoms with Gasteiger partial charge in [-0.1, -0.05) is 61.2 Å². The van der Waals surface area contributed by atoms with E-state index in [1.807, 2.05) is 25.1 Å². The Morgan fingerprint density at radius 1 is 1.19 bits per heavy atom. The molecule has 1 fully saturated rings. The van der Waals surface area contributed by atoms with Crippen LogP contribution in [0.1, 0.15) is 44.6 Å². The van der Waals surface area contributed by atoms with Crippen molar-refractivity contribution in [2.45, 2.75) is 57.7 Å². The molecule has 1 aliphatic rings. The maximum atomic E-state index is 13.3. The number of carbonyl (C=O) groups is 2. The van der Waals surface area contributed by atoms with E-state index in [1.54, 1.807) is 29.2 Å². The van der Waals surface area contributed by atoms with Gasteiger partial charge in [0.15, 0.2) is 6.61 Å². The molecule has 0 spiro atoms. The summed E-state index contributed by atoms with van der Waals surface area (Å²) in [5.74, 6) is 0.0802. The van der Waals surface area contributed by atoms with Gasteiger partial charge in [-0.3, -0.25) is 9.59 Å². The van der Waals surface area contributed by atoms with E-state index in [-0.39, 0.29) is 31.0 Å². The van der Waals surface area contributed by atoms with Crippen LogP contribution in [0.5, 0.6) is 5.75 Å². The third-order valence-corrected chi connectivity index (χ3v) is 6.85. The molecule has 0 bridgehead atoms. The van der Waals surface area contributed by atoms with E-state index in [9.17, 15) is 9.59 Å². The predicted octanol–water partition coefficient (Wildman–Crippen LogP) is 6.00. The third-order valence-electron chi connectivity index (χ3n) is 5.63. The van der Waals surface area contributed by atoms with Crippen molar-refractivity contribution in [2.24, 2.45) is 0 Å². The Balaban J connectivity index is 1.78. The van der Waals surface area contributed by atoms with Crippen molar-refractivity contribution in [2.75, 3.05) is 6.61 Å². The minimum atomic E-state index is -0.614. The van der Waals surface area contributed by atoms with E-state index in [4.69, 9.17) is 27.9 Å². The third kappa shape index (κ3) is 6.63. The first-order valence-corrected chi connectivity index (χ1v) is 12.3. The molecular formula is C24H27BrCl2N2O3. The molecule has 1 unspecified atom stereocenters. The summed E-state index contributed by atoms with van der Waals surface area (Å²) in [5.41, 5.74) is 0.780. The van der Waals surface area contributed by atoms with Crippen molar-refractivity contribution in [3.05, 3.63) is 62.5 Å². The summed E-state index contributed by atoms with van der Waals surface area (Å²) in [6, 6.07) is 12.0. The van der Waals surface area contributed by atoms with Gasteiger partial charge in [-0.15, -0.1) is 0 Å². The molecule has 1 atom stereocenters. The lowest BCUT2D eigenvalue weighted by Crippen LogP contribution is -2.52. The van der Waals surface area contributed by atoms with Gasteiger partial charge in [0.1, 0.15) is 11.8 Å². The Morgan fingerprint density at radius 2 is 1.91 bits per heavy atom. The molecule has 0 heterocycles. The number of nitrogens with one attached hydrogen (secondary N) is 1. The number of halogens is 3. The highest BCUT2D eigenvalue weighted by Crippen LogP contribution is 2.28. The van der Waals surface area contributed by atoms with Gasteiger partial charge < -0.3 is 15.0 Å². The summed E-state index contributed by atoms with van der Waals surface area (Å²) in [7, 11) is 0. The maximum absolute atomic E-state index is 13.3. The van der Waals surface area contributed by atoms with Crippen molar-refractivity contribution >= 4 is 50.9 Å². The Kier molecular flexibility index (Phi) is 9.26. The zero-order chi connectivity index (χ0) is 23.1. The van der Waals surface area contributed by atoms with E-state index in [1.165, 1.54) is 0 Å². The molecule has 1 aliphatic carbocycles. The van der Waals surface area contributed by atoms with Crippen LogP contribution >= 0.6 is 39.1 Å². The highest BCUT2D eigenvalue weighted by molar-refractivity contribution is 9.10. The van der Waals surface area contributed by atoms with Crippen LogP contribution in [0.15, 0.2) is 46.9 Å². The van der Waals surface area contributed by atoms with Crippen LogP contribution in [-0.4, -0.2) is 35.4 Å². The van der Waals surface area contributed by atoms with Crippen LogP contribution in [0.4, 0.5) is 0 Å². The highest BCUT2D eigenvalue weighted by atomic mass is 79.9. The van der Waals surface area contributed by atoms with Crippen molar-refractivity contribution < 1.29 is 14.3 Å². The number of hydrogen-bond acceptors (Lipinski definition) is 3. The van der Waals surface area contributed by atoms with Crippen molar-refractivity contribution in [1.29, 1.82) is 0 Å². The first-order chi connectivity index (χ1) is 15.4. The minimum absolute atomic E-state index is 0.132. The van der Waals surface area contributed by atoms with Gasteiger partial charge in [0.05, 0.1) is 4.47 Å². The Morgan fingerprint density at radius 3 is 2.56 bits per heavy atom. The maximum Gasteiger partial charge on any atom is 0.261 e. The lowest BCUT2D eigenvalue weighted by molar-refractivity contribution is -0.143. The highest BCUT2D eigenvalue weighted by Gasteiger charge is 2.31. The quantitative estimate of drug-likeness (QED) is 0.423. The Hall–Kier alpha value is -1.76. The van der Waals surface area contributed by atoms with Crippen LogP contribution in [0.3, 0.4) is 0 Å². The monoisotopic (exact) mass is 540 g/mol. The molecule has 0 saturated heterocycles. The van der Waals surface area contributed by atoms with Crippen LogP contribution in [0.2, 0.25) is 10.0 Å². The lowest BCUT2D eigenvalue weighted by Gasteiger charge is -2.31. The van der Waals surface area contributed by atoms with E-state index in [0.717, 1.165) is 31.2 Å². The zero-order valence-electron chi connectivity index (χ0n) is 18.0. The second-order valence-corrected chi connectivity index (χ2v) is 9.59. The van der Waals surface area contributed by atoms with E-state index in [0.29, 0.717) is 26.7 Å². The fraction of sp³-hybridized carbons (Fsp3) is 0.417. The molecule has 0 aromatic heterocycles. The van der Waals surface area contributed by atoms with Gasteiger partial charge >= 0.3 is 0 Å². The molecule has 32 heavy (non-hydrogen) atoms. The van der Waals surface area contributed by atoms with Gasteiger partial charge in [-0.25, -0.2) is 0 Å². The van der Waals surface area contributed by atoms with Gasteiger partial charge in [0, 0.05) is 22.6 Å². The second-order valence-electron chi connectivity index (χ2n) is 7.89. The molecular weight excluding hydrogens is 515 g/mol. The molecule has 3 rings (SSSR count). The van der Waals surface area contributed by atoms with Gasteiger partial charge in [-0.05, 0) is 65.0 Å². The first kappa shape index (κ1) is 24.9. The van der Waals surface area contributed by atoms with Gasteiger partial charge in [0.25, 0.3) is 5.91 Å². The molecule has 0 radical (unpaired) electrons. The Labute approximate surface area is 207 Å². The number of nitrogens with zero attached hydrogens (tertiary/aromatic N) is 1. The Bertz CT molecular complexity index is 951. The summed E-state index contributed by atoms with van der Waals surface area (Å²) in [6.07, 6.45) is 4.68. The lowest BCUT2D eigenvalue weighted by atomic mass is 10.1. The van der Waals surface area contributed by atoms with Gasteiger partial charge in [-0.2, -0.15) is 0 Å². The fourth-order valence-corrected chi connectivity index (χ4v) is 4.90. The normalized spacial score (nSPS) is 14.8. The average molecular weight is 542 g/mol. The zero-order valence-corrected chi connectivity index (χ0v) is 21.0. The molecule has 2 amide bonds. The smallest absolute Gasteiger partial charge is 0.261 e. The fourth-order valence-electron chi connectivity index (χ4n) is 3.91. The molecule has 0 aliphatic heterocycles. The molecule has 5 nitrogen and oxygen atoms in total. The second kappa shape index (κ2) is 11.9. The summed E-state index contributed by atoms with van der Waals surface area (Å²) in [4.78, 5) is 28.0. The number of rotatable bonds is 9. The minimum Gasteiger partial charge on any atom is -0.483 e. The summed E-state index contributed by atoms with van der Waals surface area (Å²) >= 11 is 15.7. The van der Waals surface area contributed by atoms with Crippen LogP contribution in [-0.2, 0) is 16.1 Å². The first-order valence-electron chi connectivity index (χ1n) is 10.8. The van der Waals surface area contributed by atoms with Crippen molar-refractivity contribution in [3.8, 4) is 5.75 Å². The number of benzene rings is 2. The van der Waals surface area contributed by atoms with Crippen LogP contribution in [0.25, 0.3) is 0 Å². The van der Waals surface area contributed by atoms with E-state index < -0.39 is 6.04 Å². The number of amides is 2. The standard InChI is InChI=1S/C24H27BrCl2N2O3/c1-2-21(24(31)28-18-8-4-5-9-18)29(14-16-7-3-6-10-20(16)27)23(30)15-32-22-12-11-17(26)13-19(22)25/h3,6-7,10-13,18,21H,2,4-5,8-9,14-15H2,1H3,(H,28,31). The largest absolute Gasteiger partial charge is 0.483 e. The van der Waals surface area contributed by atoms with Crippen LogP contribution < -0.4 is 10.1 Å². The van der Waals surface area contributed by atoms with Crippen molar-refractivity contribution in [1.82, 2.24) is 10.2 Å². The van der Waals surface area contributed by atoms with Crippen molar-refractivity contribution in [3.63, 3.8) is 0 Å². The number of hydrogen-bond donors (Lipinski definition) is 1. The summed E-state index contributed by atoms with van der Waals surface area (Å²) < 4.78 is 6.40. The SMILES string of the molecule is CCC(C(=O)NC1CCCC1)N(Cc1ccccc1Cl)C(=O)COc1ccc(Cl)cc1Br. The summed E-state index contributed by atoms with van der Waals surface area (Å²) in [5, 5.41) is 4.24. The van der Waals surface area contributed by atoms with E-state index >= 15 is 0 Å². The molecule has 1 saturated carbocycles. The topological polar surface area (TPSA) is 58.6 Å². The van der Waals surface area contributed by atoms with E-state index in [2.05, 4.69) is 21.2 Å². The molecule has 172 valence electrons. The average Bonchev–Trinajstić information content (AvgIpc) is 3.27. The molecule has 2 aromatic carbocycles. The summed E-state index contributed by atoms with van der Waals surface area (Å²) in [6.45, 7) is 1.92. The molecule has 2 aromatic rings. The molecule has 1 N–H and O–H groups in total. The van der Waals surface area contributed by atoms with Crippen LogP contribution in [0, 0.1) is 0 Å². The molecule has 8 heteroatoms.